The molecule has 1 aromatic rings. The summed E-state index contributed by atoms with van der Waals surface area (Å²) in [7, 11) is 0. The monoisotopic (exact) mass is 302 g/mol. The van der Waals surface area contributed by atoms with Gasteiger partial charge in [-0.15, -0.1) is 0 Å². The first kappa shape index (κ1) is 13.9. The lowest BCUT2D eigenvalue weighted by Gasteiger charge is -2.41. The number of carbonyl (C=O) groups is 1. The van der Waals surface area contributed by atoms with Crippen LogP contribution >= 0.6 is 0 Å². The minimum absolute atomic E-state index is 0.00404. The summed E-state index contributed by atoms with van der Waals surface area (Å²) in [4.78, 5) is 23.9. The Hall–Kier alpha value is -1.69. The van der Waals surface area contributed by atoms with E-state index in [1.165, 1.54) is 31.9 Å². The normalized spacial score (nSPS) is 31.6. The Morgan fingerprint density at radius 3 is 2.45 bits per heavy atom. The number of piperazine rings is 1. The lowest BCUT2D eigenvalue weighted by Crippen LogP contribution is -2.52. The maximum absolute atomic E-state index is 10.8. The fraction of sp³-hybridized carbons (Fsp3) is 0.688. The molecule has 2 saturated carbocycles. The molecule has 0 aromatic carbocycles. The number of hydrogen-bond acceptors (Lipinski definition) is 5. The second kappa shape index (κ2) is 5.50. The molecular weight excluding hydrogens is 280 g/mol. The van der Waals surface area contributed by atoms with Crippen LogP contribution in [0, 0.1) is 11.8 Å². The van der Waals surface area contributed by atoms with Crippen LogP contribution in [0.1, 0.15) is 36.2 Å². The van der Waals surface area contributed by atoms with E-state index < -0.39 is 5.97 Å². The fourth-order valence-corrected chi connectivity index (χ4v) is 4.54. The van der Waals surface area contributed by atoms with Gasteiger partial charge in [-0.2, -0.15) is 0 Å². The number of carboxylic acids is 1. The van der Waals surface area contributed by atoms with Crippen molar-refractivity contribution in [2.24, 2.45) is 11.8 Å². The van der Waals surface area contributed by atoms with E-state index in [2.05, 4.69) is 19.8 Å². The van der Waals surface area contributed by atoms with Crippen molar-refractivity contribution < 1.29 is 9.90 Å². The predicted octanol–water partition coefficient (Wildman–Crippen LogP) is 1.49. The van der Waals surface area contributed by atoms with Crippen molar-refractivity contribution in [1.29, 1.82) is 0 Å². The summed E-state index contributed by atoms with van der Waals surface area (Å²) in [5.41, 5.74) is 0.00404. The molecule has 3 unspecified atom stereocenters. The number of rotatable bonds is 3. The van der Waals surface area contributed by atoms with E-state index in [1.807, 2.05) is 0 Å². The molecule has 22 heavy (non-hydrogen) atoms. The first-order valence-corrected chi connectivity index (χ1v) is 8.25. The van der Waals surface area contributed by atoms with Gasteiger partial charge in [-0.05, 0) is 31.1 Å². The SMILES string of the molecule is O=C(O)c1cnc(N2CCN(C3CC4CCC3C4)CC2)cn1. The van der Waals surface area contributed by atoms with Crippen LogP contribution in [-0.2, 0) is 0 Å². The molecule has 118 valence electrons. The van der Waals surface area contributed by atoms with Crippen molar-refractivity contribution in [3.05, 3.63) is 18.1 Å². The highest BCUT2D eigenvalue weighted by atomic mass is 16.4. The lowest BCUT2D eigenvalue weighted by atomic mass is 9.93. The Bertz CT molecular complexity index is 554. The van der Waals surface area contributed by atoms with Gasteiger partial charge in [0.05, 0.1) is 12.4 Å². The summed E-state index contributed by atoms with van der Waals surface area (Å²) < 4.78 is 0. The van der Waals surface area contributed by atoms with E-state index >= 15 is 0 Å². The van der Waals surface area contributed by atoms with E-state index in [-0.39, 0.29) is 5.69 Å². The third-order valence-corrected chi connectivity index (χ3v) is 5.67. The average Bonchev–Trinajstić information content (AvgIpc) is 3.18. The molecular formula is C16H22N4O2. The quantitative estimate of drug-likeness (QED) is 0.912. The van der Waals surface area contributed by atoms with Crippen molar-refractivity contribution in [2.75, 3.05) is 31.1 Å². The van der Waals surface area contributed by atoms with Crippen LogP contribution in [0.25, 0.3) is 0 Å². The summed E-state index contributed by atoms with van der Waals surface area (Å²) in [6.45, 7) is 4.07. The molecule has 1 saturated heterocycles. The van der Waals surface area contributed by atoms with E-state index in [0.717, 1.165) is 49.9 Å². The molecule has 0 amide bonds. The Balaban J connectivity index is 1.36. The summed E-state index contributed by atoms with van der Waals surface area (Å²) >= 11 is 0. The maximum Gasteiger partial charge on any atom is 0.356 e. The van der Waals surface area contributed by atoms with Crippen molar-refractivity contribution in [3.8, 4) is 0 Å². The van der Waals surface area contributed by atoms with Crippen LogP contribution in [0.15, 0.2) is 12.4 Å². The molecule has 3 aliphatic rings. The van der Waals surface area contributed by atoms with Crippen LogP contribution in [-0.4, -0.2) is 58.2 Å². The van der Waals surface area contributed by atoms with Gasteiger partial charge in [0.15, 0.2) is 5.69 Å². The largest absolute Gasteiger partial charge is 0.476 e. The highest BCUT2D eigenvalue weighted by Gasteiger charge is 2.42. The molecule has 2 bridgehead atoms. The smallest absolute Gasteiger partial charge is 0.356 e. The van der Waals surface area contributed by atoms with Gasteiger partial charge < -0.3 is 10.0 Å². The number of aromatic nitrogens is 2. The molecule has 0 spiro atoms. The molecule has 1 aromatic heterocycles. The second-order valence-electron chi connectivity index (χ2n) is 6.83. The third-order valence-electron chi connectivity index (χ3n) is 5.67. The summed E-state index contributed by atoms with van der Waals surface area (Å²) in [6.07, 6.45) is 8.66. The molecule has 6 nitrogen and oxygen atoms in total. The Morgan fingerprint density at radius 2 is 1.91 bits per heavy atom. The summed E-state index contributed by atoms with van der Waals surface area (Å²) in [6, 6.07) is 0.807. The molecule has 4 rings (SSSR count). The highest BCUT2D eigenvalue weighted by molar-refractivity contribution is 5.84. The van der Waals surface area contributed by atoms with Crippen LogP contribution in [0.5, 0.6) is 0 Å². The zero-order chi connectivity index (χ0) is 15.1. The number of hydrogen-bond donors (Lipinski definition) is 1. The average molecular weight is 302 g/mol. The topological polar surface area (TPSA) is 69.6 Å². The first-order valence-electron chi connectivity index (χ1n) is 8.25. The van der Waals surface area contributed by atoms with Gasteiger partial charge in [0, 0.05) is 32.2 Å². The van der Waals surface area contributed by atoms with Gasteiger partial charge in [-0.1, -0.05) is 6.42 Å². The van der Waals surface area contributed by atoms with E-state index in [9.17, 15) is 4.79 Å². The van der Waals surface area contributed by atoms with Gasteiger partial charge in [0.2, 0.25) is 0 Å². The minimum atomic E-state index is -1.03. The molecule has 6 heteroatoms. The van der Waals surface area contributed by atoms with Gasteiger partial charge in [-0.3, -0.25) is 4.90 Å². The highest BCUT2D eigenvalue weighted by Crippen LogP contribution is 2.46. The standard InChI is InChI=1S/C16H22N4O2/c21-16(22)13-9-18-15(10-17-13)20-5-3-19(4-6-20)14-8-11-1-2-12(14)7-11/h9-12,14H,1-8H2,(H,21,22). The summed E-state index contributed by atoms with van der Waals surface area (Å²) in [5, 5.41) is 8.87. The minimum Gasteiger partial charge on any atom is -0.476 e. The van der Waals surface area contributed by atoms with Crippen LogP contribution < -0.4 is 4.90 Å². The van der Waals surface area contributed by atoms with Gasteiger partial charge >= 0.3 is 5.97 Å². The van der Waals surface area contributed by atoms with E-state index in [4.69, 9.17) is 5.11 Å². The number of anilines is 1. The van der Waals surface area contributed by atoms with E-state index in [1.54, 1.807) is 6.20 Å². The predicted molar refractivity (Wildman–Crippen MR) is 82.0 cm³/mol. The molecule has 1 N–H and O–H groups in total. The molecule has 3 atom stereocenters. The van der Waals surface area contributed by atoms with E-state index in [0.29, 0.717) is 0 Å². The Labute approximate surface area is 130 Å². The maximum atomic E-state index is 10.8. The Morgan fingerprint density at radius 1 is 1.09 bits per heavy atom. The van der Waals surface area contributed by atoms with Gasteiger partial charge in [0.25, 0.3) is 0 Å². The number of nitrogens with zero attached hydrogens (tertiary/aromatic N) is 4. The van der Waals surface area contributed by atoms with Crippen molar-refractivity contribution in [2.45, 2.75) is 31.7 Å². The van der Waals surface area contributed by atoms with Crippen LogP contribution in [0.4, 0.5) is 5.82 Å². The molecule has 2 heterocycles. The lowest BCUT2D eigenvalue weighted by molar-refractivity contribution is 0.0690. The van der Waals surface area contributed by atoms with Crippen LogP contribution in [0.2, 0.25) is 0 Å². The Kier molecular flexibility index (Phi) is 3.48. The van der Waals surface area contributed by atoms with Crippen molar-refractivity contribution in [3.63, 3.8) is 0 Å². The second-order valence-corrected chi connectivity index (χ2v) is 6.83. The molecule has 2 aliphatic carbocycles. The van der Waals surface area contributed by atoms with Gasteiger partial charge in [-0.25, -0.2) is 14.8 Å². The number of fused-ring (bicyclic) bond motifs is 2. The summed E-state index contributed by atoms with van der Waals surface area (Å²) in [5.74, 6) is 1.69. The fourth-order valence-electron chi connectivity index (χ4n) is 4.54. The van der Waals surface area contributed by atoms with Crippen LogP contribution in [0.3, 0.4) is 0 Å². The van der Waals surface area contributed by atoms with Crippen molar-refractivity contribution in [1.82, 2.24) is 14.9 Å². The number of aromatic carboxylic acids is 1. The van der Waals surface area contributed by atoms with Gasteiger partial charge in [0.1, 0.15) is 5.82 Å². The third kappa shape index (κ3) is 2.45. The number of carboxylic acid groups (broad SMARTS) is 1. The zero-order valence-electron chi connectivity index (χ0n) is 12.7. The van der Waals surface area contributed by atoms with Crippen molar-refractivity contribution >= 4 is 11.8 Å². The molecule has 1 aliphatic heterocycles. The molecule has 0 radical (unpaired) electrons. The zero-order valence-corrected chi connectivity index (χ0v) is 12.7. The first-order chi connectivity index (χ1) is 10.7. The molecule has 3 fully saturated rings.